The Morgan fingerprint density at radius 2 is 1.76 bits per heavy atom. The second kappa shape index (κ2) is 10.2. The number of rotatable bonds is 9. The Bertz CT molecular complexity index is 1500. The van der Waals surface area contributed by atoms with Crippen LogP contribution in [-0.4, -0.2) is 32.2 Å². The first kappa shape index (κ1) is 24.1. The maximum Gasteiger partial charge on any atom is 0.326 e. The Balaban J connectivity index is 1.23. The van der Waals surface area contributed by atoms with Gasteiger partial charge in [-0.2, -0.15) is 0 Å². The largest absolute Gasteiger partial charge is 0.480 e. The van der Waals surface area contributed by atoms with E-state index in [4.69, 9.17) is 4.52 Å². The van der Waals surface area contributed by atoms with Crippen LogP contribution in [0.4, 0.5) is 11.6 Å². The van der Waals surface area contributed by atoms with Crippen LogP contribution >= 0.6 is 0 Å². The van der Waals surface area contributed by atoms with Crippen molar-refractivity contribution in [1.29, 1.82) is 0 Å². The van der Waals surface area contributed by atoms with Gasteiger partial charge in [-0.25, -0.2) is 9.78 Å². The van der Waals surface area contributed by atoms with Gasteiger partial charge in [-0.05, 0) is 49.6 Å². The average Bonchev–Trinajstić information content (AvgIpc) is 3.51. The number of imidazole rings is 1. The second-order valence-electron chi connectivity index (χ2n) is 9.35. The number of aromatic nitrogens is 3. The minimum atomic E-state index is -0.889. The Kier molecular flexibility index (Phi) is 6.64. The van der Waals surface area contributed by atoms with Gasteiger partial charge in [-0.3, -0.25) is 0 Å². The van der Waals surface area contributed by atoms with Crippen LogP contribution in [0.15, 0.2) is 71.3 Å². The summed E-state index contributed by atoms with van der Waals surface area (Å²) in [7, 11) is 0. The maximum atomic E-state index is 12.0. The molecule has 37 heavy (non-hydrogen) atoms. The maximum absolute atomic E-state index is 12.0. The molecular weight excluding hydrogens is 466 g/mol. The van der Waals surface area contributed by atoms with Gasteiger partial charge in [0.15, 0.2) is 5.76 Å². The van der Waals surface area contributed by atoms with E-state index in [0.29, 0.717) is 24.7 Å². The van der Waals surface area contributed by atoms with Gasteiger partial charge in [0, 0.05) is 23.7 Å². The number of hydrogen-bond donors (Lipinski definition) is 4. The molecule has 3 aromatic carbocycles. The standard InChI is InChI=1S/C29H29N5O3/c1-17-12-18(2)27(19(3)13-17)31-25(28(35)36)14-20-8-10-21(11-9-20)26-15-22(34-37-26)16-30-29-32-23-6-4-5-7-24(23)33-29/h4-13,15,25,31H,14,16H2,1-3H3,(H,35,36)(H2,30,32,33). The van der Waals surface area contributed by atoms with E-state index in [1.165, 1.54) is 0 Å². The van der Waals surface area contributed by atoms with E-state index in [2.05, 4.69) is 37.9 Å². The summed E-state index contributed by atoms with van der Waals surface area (Å²) in [5, 5.41) is 20.5. The van der Waals surface area contributed by atoms with E-state index in [9.17, 15) is 9.90 Å². The number of para-hydroxylation sites is 2. The molecule has 188 valence electrons. The molecule has 0 fully saturated rings. The molecule has 0 spiro atoms. The summed E-state index contributed by atoms with van der Waals surface area (Å²) in [6.45, 7) is 6.49. The molecule has 0 aliphatic heterocycles. The third kappa shape index (κ3) is 5.48. The summed E-state index contributed by atoms with van der Waals surface area (Å²) in [6, 6.07) is 20.8. The lowest BCUT2D eigenvalue weighted by atomic mass is 10.0. The molecule has 2 aromatic heterocycles. The number of hydrogen-bond acceptors (Lipinski definition) is 6. The van der Waals surface area contributed by atoms with Crippen molar-refractivity contribution in [2.24, 2.45) is 0 Å². The molecular formula is C29H29N5O3. The molecule has 5 aromatic rings. The van der Waals surface area contributed by atoms with Crippen LogP contribution in [0.3, 0.4) is 0 Å². The van der Waals surface area contributed by atoms with Crippen molar-refractivity contribution in [2.45, 2.75) is 39.8 Å². The lowest BCUT2D eigenvalue weighted by Gasteiger charge is -2.20. The molecule has 0 saturated carbocycles. The van der Waals surface area contributed by atoms with Gasteiger partial charge in [0.05, 0.1) is 17.6 Å². The third-order valence-electron chi connectivity index (χ3n) is 6.36. The van der Waals surface area contributed by atoms with Crippen molar-refractivity contribution in [3.8, 4) is 11.3 Å². The van der Waals surface area contributed by atoms with Crippen molar-refractivity contribution >= 4 is 28.6 Å². The zero-order valence-corrected chi connectivity index (χ0v) is 21.0. The monoisotopic (exact) mass is 495 g/mol. The van der Waals surface area contributed by atoms with Crippen molar-refractivity contribution < 1.29 is 14.4 Å². The summed E-state index contributed by atoms with van der Waals surface area (Å²) in [5.41, 5.74) is 8.51. The number of aliphatic carboxylic acids is 1. The Morgan fingerprint density at radius 1 is 1.03 bits per heavy atom. The smallest absolute Gasteiger partial charge is 0.326 e. The van der Waals surface area contributed by atoms with E-state index >= 15 is 0 Å². The zero-order valence-electron chi connectivity index (χ0n) is 21.0. The number of carbonyl (C=O) groups is 1. The molecule has 0 amide bonds. The SMILES string of the molecule is Cc1cc(C)c(NC(Cc2ccc(-c3cc(CNc4nc5ccccc5[nH]4)no3)cc2)C(=O)O)c(C)c1. The van der Waals surface area contributed by atoms with Gasteiger partial charge in [-0.1, -0.05) is 59.3 Å². The summed E-state index contributed by atoms with van der Waals surface area (Å²) in [4.78, 5) is 19.7. The highest BCUT2D eigenvalue weighted by Gasteiger charge is 2.20. The molecule has 4 N–H and O–H groups in total. The molecule has 2 heterocycles. The number of nitrogens with zero attached hydrogens (tertiary/aromatic N) is 2. The topological polar surface area (TPSA) is 116 Å². The number of aryl methyl sites for hydroxylation is 3. The number of fused-ring (bicyclic) bond motifs is 1. The number of anilines is 2. The van der Waals surface area contributed by atoms with Gasteiger partial charge in [0.2, 0.25) is 5.95 Å². The lowest BCUT2D eigenvalue weighted by Crippen LogP contribution is -2.32. The van der Waals surface area contributed by atoms with Crippen LogP contribution in [0.2, 0.25) is 0 Å². The Labute approximate surface area is 214 Å². The highest BCUT2D eigenvalue weighted by Crippen LogP contribution is 2.25. The molecule has 1 atom stereocenters. The van der Waals surface area contributed by atoms with Gasteiger partial charge < -0.3 is 25.2 Å². The first-order valence-electron chi connectivity index (χ1n) is 12.2. The molecule has 0 aliphatic carbocycles. The minimum absolute atomic E-state index is 0.353. The summed E-state index contributed by atoms with van der Waals surface area (Å²) in [6.07, 6.45) is 0.353. The highest BCUT2D eigenvalue weighted by atomic mass is 16.5. The van der Waals surface area contributed by atoms with Crippen LogP contribution in [-0.2, 0) is 17.8 Å². The van der Waals surface area contributed by atoms with Crippen LogP contribution in [0.25, 0.3) is 22.4 Å². The zero-order chi connectivity index (χ0) is 25.9. The number of carboxylic acid groups (broad SMARTS) is 1. The van der Waals surface area contributed by atoms with Gasteiger partial charge in [0.25, 0.3) is 0 Å². The second-order valence-corrected chi connectivity index (χ2v) is 9.35. The summed E-state index contributed by atoms with van der Waals surface area (Å²) >= 11 is 0. The number of carboxylic acids is 1. The van der Waals surface area contributed by atoms with Crippen molar-refractivity contribution in [2.75, 3.05) is 10.6 Å². The van der Waals surface area contributed by atoms with Crippen molar-refractivity contribution in [1.82, 2.24) is 15.1 Å². The number of nitrogens with one attached hydrogen (secondary N) is 3. The molecule has 5 rings (SSSR count). The fourth-order valence-corrected chi connectivity index (χ4v) is 4.56. The normalized spacial score (nSPS) is 12.0. The molecule has 0 aliphatic rings. The van der Waals surface area contributed by atoms with Crippen molar-refractivity contribution in [3.63, 3.8) is 0 Å². The molecule has 8 heteroatoms. The molecule has 8 nitrogen and oxygen atoms in total. The molecule has 1 unspecified atom stereocenters. The van der Waals surface area contributed by atoms with Crippen LogP contribution < -0.4 is 10.6 Å². The summed E-state index contributed by atoms with van der Waals surface area (Å²) in [5.74, 6) is 0.430. The van der Waals surface area contributed by atoms with Gasteiger partial charge in [-0.15, -0.1) is 0 Å². The minimum Gasteiger partial charge on any atom is -0.480 e. The lowest BCUT2D eigenvalue weighted by molar-refractivity contribution is -0.137. The fraction of sp³-hybridized carbons (Fsp3) is 0.207. The predicted octanol–water partition coefficient (Wildman–Crippen LogP) is 5.86. The first-order chi connectivity index (χ1) is 17.9. The van der Waals surface area contributed by atoms with Crippen molar-refractivity contribution in [3.05, 3.63) is 94.7 Å². The quantitative estimate of drug-likeness (QED) is 0.202. The van der Waals surface area contributed by atoms with Crippen LogP contribution in [0, 0.1) is 20.8 Å². The molecule has 0 radical (unpaired) electrons. The first-order valence-corrected chi connectivity index (χ1v) is 12.2. The number of aromatic amines is 1. The fourth-order valence-electron chi connectivity index (χ4n) is 4.56. The van der Waals surface area contributed by atoms with E-state index in [-0.39, 0.29) is 0 Å². The van der Waals surface area contributed by atoms with Gasteiger partial charge >= 0.3 is 5.97 Å². The van der Waals surface area contributed by atoms with Crippen LogP contribution in [0.1, 0.15) is 27.9 Å². The van der Waals surface area contributed by atoms with E-state index in [1.807, 2.05) is 75.4 Å². The van der Waals surface area contributed by atoms with Crippen LogP contribution in [0.5, 0.6) is 0 Å². The predicted molar refractivity (Wildman–Crippen MR) is 145 cm³/mol. The van der Waals surface area contributed by atoms with E-state index < -0.39 is 12.0 Å². The number of H-pyrrole nitrogens is 1. The highest BCUT2D eigenvalue weighted by molar-refractivity contribution is 5.79. The van der Waals surface area contributed by atoms with E-state index in [1.54, 1.807) is 0 Å². The van der Waals surface area contributed by atoms with Gasteiger partial charge in [0.1, 0.15) is 11.7 Å². The average molecular weight is 496 g/mol. The number of benzene rings is 3. The Morgan fingerprint density at radius 3 is 2.46 bits per heavy atom. The third-order valence-corrected chi connectivity index (χ3v) is 6.36. The molecule has 0 bridgehead atoms. The summed E-state index contributed by atoms with van der Waals surface area (Å²) < 4.78 is 5.55. The molecule has 0 saturated heterocycles. The van der Waals surface area contributed by atoms with E-state index in [0.717, 1.165) is 50.2 Å². The Hall–Kier alpha value is -4.59.